The number of hydrogen-bond acceptors (Lipinski definition) is 2. The number of nitrogens with one attached hydrogen (secondary N) is 1. The van der Waals surface area contributed by atoms with Gasteiger partial charge in [-0.3, -0.25) is 0 Å². The molecule has 0 fully saturated rings. The minimum atomic E-state index is 0.904. The molecule has 2 nitrogen and oxygen atoms in total. The number of halogens is 1. The average Bonchev–Trinajstić information content (AvgIpc) is 2.80. The largest absolute Gasteiger partial charge is 0.333 e. The van der Waals surface area contributed by atoms with Crippen LogP contribution in [0.25, 0.3) is 11.0 Å². The standard InChI is InChI=1S/C14H11BrN2S/c15-11-6-2-1-5-10(11)9-18-14-16-12-7-3-4-8-13(12)17-14/h1-8H,9H2,(H,16,17). The summed E-state index contributed by atoms with van der Waals surface area (Å²) in [5.74, 6) is 0.904. The van der Waals surface area contributed by atoms with Crippen LogP contribution in [0.2, 0.25) is 0 Å². The summed E-state index contributed by atoms with van der Waals surface area (Å²) >= 11 is 5.28. The summed E-state index contributed by atoms with van der Waals surface area (Å²) in [5.41, 5.74) is 3.39. The molecule has 1 N–H and O–H groups in total. The quantitative estimate of drug-likeness (QED) is 0.714. The Kier molecular flexibility index (Phi) is 3.39. The minimum Gasteiger partial charge on any atom is -0.333 e. The third kappa shape index (κ3) is 2.44. The van der Waals surface area contributed by atoms with Crippen molar-refractivity contribution < 1.29 is 0 Å². The Hall–Kier alpha value is -1.26. The lowest BCUT2D eigenvalue weighted by molar-refractivity contribution is 1.08. The molecular weight excluding hydrogens is 308 g/mol. The van der Waals surface area contributed by atoms with Crippen LogP contribution < -0.4 is 0 Å². The van der Waals surface area contributed by atoms with Gasteiger partial charge in [-0.2, -0.15) is 0 Å². The summed E-state index contributed by atoms with van der Waals surface area (Å²) in [5, 5.41) is 0.965. The van der Waals surface area contributed by atoms with Gasteiger partial charge < -0.3 is 4.98 Å². The molecule has 0 bridgehead atoms. The van der Waals surface area contributed by atoms with Gasteiger partial charge in [0, 0.05) is 10.2 Å². The molecule has 0 saturated carbocycles. The molecule has 0 aliphatic heterocycles. The number of imidazole rings is 1. The SMILES string of the molecule is Brc1ccccc1CSc1nc2ccccc2[nH]1. The van der Waals surface area contributed by atoms with Crippen molar-refractivity contribution in [2.75, 3.05) is 0 Å². The second kappa shape index (κ2) is 5.16. The van der Waals surface area contributed by atoms with Gasteiger partial charge in [-0.1, -0.05) is 58.0 Å². The fourth-order valence-corrected chi connectivity index (χ4v) is 3.26. The summed E-state index contributed by atoms with van der Waals surface area (Å²) in [7, 11) is 0. The number of hydrogen-bond donors (Lipinski definition) is 1. The van der Waals surface area contributed by atoms with Crippen LogP contribution in [0.15, 0.2) is 58.2 Å². The maximum absolute atomic E-state index is 4.55. The normalized spacial score (nSPS) is 10.9. The third-order valence-corrected chi connectivity index (χ3v) is 4.39. The van der Waals surface area contributed by atoms with Gasteiger partial charge in [0.05, 0.1) is 11.0 Å². The average molecular weight is 319 g/mol. The van der Waals surface area contributed by atoms with Crippen molar-refractivity contribution >= 4 is 38.7 Å². The first-order valence-electron chi connectivity index (χ1n) is 5.64. The molecule has 0 unspecified atom stereocenters. The molecule has 18 heavy (non-hydrogen) atoms. The van der Waals surface area contributed by atoms with Crippen molar-refractivity contribution in [3.05, 3.63) is 58.6 Å². The first kappa shape index (κ1) is 11.8. The number of H-pyrrole nitrogens is 1. The number of fused-ring (bicyclic) bond motifs is 1. The zero-order chi connectivity index (χ0) is 12.4. The van der Waals surface area contributed by atoms with Gasteiger partial charge in [0.2, 0.25) is 0 Å². The summed E-state index contributed by atoms with van der Waals surface area (Å²) in [6.07, 6.45) is 0. The van der Waals surface area contributed by atoms with Gasteiger partial charge in [0.1, 0.15) is 0 Å². The third-order valence-electron chi connectivity index (χ3n) is 2.69. The van der Waals surface area contributed by atoms with Gasteiger partial charge >= 0.3 is 0 Å². The smallest absolute Gasteiger partial charge is 0.166 e. The first-order chi connectivity index (χ1) is 8.83. The molecule has 0 aliphatic rings. The number of aromatic amines is 1. The minimum absolute atomic E-state index is 0.904. The second-order valence-electron chi connectivity index (χ2n) is 3.94. The van der Waals surface area contributed by atoms with Crippen LogP contribution in [0.4, 0.5) is 0 Å². The van der Waals surface area contributed by atoms with Crippen LogP contribution in [0.5, 0.6) is 0 Å². The van der Waals surface area contributed by atoms with E-state index in [1.165, 1.54) is 5.56 Å². The molecule has 1 heterocycles. The number of thioether (sulfide) groups is 1. The van der Waals surface area contributed by atoms with E-state index in [4.69, 9.17) is 0 Å². The molecule has 0 radical (unpaired) electrons. The topological polar surface area (TPSA) is 28.7 Å². The number of benzene rings is 2. The van der Waals surface area contributed by atoms with Crippen LogP contribution in [0.3, 0.4) is 0 Å². The van der Waals surface area contributed by atoms with Crippen LogP contribution in [0, 0.1) is 0 Å². The highest BCUT2D eigenvalue weighted by Gasteiger charge is 2.04. The lowest BCUT2D eigenvalue weighted by atomic mass is 10.2. The molecule has 0 saturated heterocycles. The lowest BCUT2D eigenvalue weighted by Gasteiger charge is -2.01. The Morgan fingerprint density at radius 1 is 1.06 bits per heavy atom. The highest BCUT2D eigenvalue weighted by Crippen LogP contribution is 2.26. The van der Waals surface area contributed by atoms with Crippen molar-refractivity contribution in [3.8, 4) is 0 Å². The van der Waals surface area contributed by atoms with E-state index < -0.39 is 0 Å². The van der Waals surface area contributed by atoms with Crippen LogP contribution >= 0.6 is 27.7 Å². The van der Waals surface area contributed by atoms with Crippen LogP contribution in [-0.2, 0) is 5.75 Å². The van der Waals surface area contributed by atoms with Crippen molar-refractivity contribution in [3.63, 3.8) is 0 Å². The van der Waals surface area contributed by atoms with Crippen LogP contribution in [-0.4, -0.2) is 9.97 Å². The Balaban J connectivity index is 1.79. The molecule has 0 atom stereocenters. The van der Waals surface area contributed by atoms with Crippen LogP contribution in [0.1, 0.15) is 5.56 Å². The zero-order valence-electron chi connectivity index (χ0n) is 9.56. The molecule has 0 aliphatic carbocycles. The van der Waals surface area contributed by atoms with Crippen molar-refractivity contribution in [2.24, 2.45) is 0 Å². The lowest BCUT2D eigenvalue weighted by Crippen LogP contribution is -1.83. The van der Waals surface area contributed by atoms with E-state index >= 15 is 0 Å². The Morgan fingerprint density at radius 3 is 2.67 bits per heavy atom. The van der Waals surface area contributed by atoms with E-state index in [1.54, 1.807) is 11.8 Å². The molecule has 0 amide bonds. The predicted molar refractivity (Wildman–Crippen MR) is 79.8 cm³/mol. The summed E-state index contributed by atoms with van der Waals surface area (Å²) in [6.45, 7) is 0. The van der Waals surface area contributed by atoms with Gasteiger partial charge in [-0.25, -0.2) is 4.98 Å². The van der Waals surface area contributed by atoms with Gasteiger partial charge in [-0.05, 0) is 23.8 Å². The highest BCUT2D eigenvalue weighted by atomic mass is 79.9. The summed E-state index contributed by atoms with van der Waals surface area (Å²) < 4.78 is 1.15. The maximum Gasteiger partial charge on any atom is 0.166 e. The molecule has 0 spiro atoms. The first-order valence-corrected chi connectivity index (χ1v) is 7.42. The van der Waals surface area contributed by atoms with Gasteiger partial charge in [-0.15, -0.1) is 0 Å². The number of nitrogens with zero attached hydrogens (tertiary/aromatic N) is 1. The van der Waals surface area contributed by atoms with E-state index in [2.05, 4.69) is 44.1 Å². The second-order valence-corrected chi connectivity index (χ2v) is 5.76. The molecule has 2 aromatic carbocycles. The highest BCUT2D eigenvalue weighted by molar-refractivity contribution is 9.10. The molecule has 3 aromatic rings. The molecule has 1 aromatic heterocycles. The van der Waals surface area contributed by atoms with Crippen molar-refractivity contribution in [2.45, 2.75) is 10.9 Å². The van der Waals surface area contributed by atoms with E-state index in [0.717, 1.165) is 26.4 Å². The van der Waals surface area contributed by atoms with Gasteiger partial charge in [0.25, 0.3) is 0 Å². The fourth-order valence-electron chi connectivity index (χ4n) is 1.76. The van der Waals surface area contributed by atoms with E-state index in [1.807, 2.05) is 30.3 Å². The number of para-hydroxylation sites is 2. The molecular formula is C14H11BrN2S. The fraction of sp³-hybridized carbons (Fsp3) is 0.0714. The van der Waals surface area contributed by atoms with Crippen molar-refractivity contribution in [1.82, 2.24) is 9.97 Å². The molecule has 3 rings (SSSR count). The van der Waals surface area contributed by atoms with E-state index in [9.17, 15) is 0 Å². The Morgan fingerprint density at radius 2 is 1.83 bits per heavy atom. The number of rotatable bonds is 3. The molecule has 90 valence electrons. The van der Waals surface area contributed by atoms with Gasteiger partial charge in [0.15, 0.2) is 5.16 Å². The van der Waals surface area contributed by atoms with E-state index in [0.29, 0.717) is 0 Å². The predicted octanol–water partition coefficient (Wildman–Crippen LogP) is 4.62. The Bertz CT molecular complexity index is 645. The molecule has 4 heteroatoms. The maximum atomic E-state index is 4.55. The summed E-state index contributed by atoms with van der Waals surface area (Å²) in [4.78, 5) is 7.87. The Labute approximate surface area is 118 Å². The van der Waals surface area contributed by atoms with E-state index in [-0.39, 0.29) is 0 Å². The zero-order valence-corrected chi connectivity index (χ0v) is 12.0. The summed E-state index contributed by atoms with van der Waals surface area (Å²) in [6, 6.07) is 16.4. The monoisotopic (exact) mass is 318 g/mol. The van der Waals surface area contributed by atoms with Crippen molar-refractivity contribution in [1.29, 1.82) is 0 Å². The number of aromatic nitrogens is 2.